The lowest BCUT2D eigenvalue weighted by atomic mass is 10.0. The van der Waals surface area contributed by atoms with E-state index in [1.54, 1.807) is 30.0 Å². The van der Waals surface area contributed by atoms with Gasteiger partial charge in [-0.05, 0) is 56.0 Å². The molecular weight excluding hydrogens is 324 g/mol. The second-order valence-electron chi connectivity index (χ2n) is 6.38. The molecule has 0 N–H and O–H groups in total. The molecule has 1 fully saturated rings. The van der Waals surface area contributed by atoms with Gasteiger partial charge in [-0.3, -0.25) is 4.79 Å². The first-order valence-electron chi connectivity index (χ1n) is 8.50. The van der Waals surface area contributed by atoms with Crippen LogP contribution in [0.15, 0.2) is 48.5 Å². The van der Waals surface area contributed by atoms with E-state index in [4.69, 9.17) is 4.74 Å². The van der Waals surface area contributed by atoms with Crippen LogP contribution >= 0.6 is 0 Å². The van der Waals surface area contributed by atoms with Crippen molar-refractivity contribution < 1.29 is 18.3 Å². The van der Waals surface area contributed by atoms with E-state index in [2.05, 4.69) is 0 Å². The van der Waals surface area contributed by atoms with Crippen molar-refractivity contribution in [2.75, 3.05) is 6.54 Å². The lowest BCUT2D eigenvalue weighted by molar-refractivity contribution is -0.138. The fourth-order valence-corrected chi connectivity index (χ4v) is 3.30. The van der Waals surface area contributed by atoms with Crippen molar-refractivity contribution in [3.8, 4) is 5.75 Å². The lowest BCUT2D eigenvalue weighted by Crippen LogP contribution is -2.44. The molecule has 2 aromatic carbocycles. The topological polar surface area (TPSA) is 29.5 Å². The van der Waals surface area contributed by atoms with Gasteiger partial charge >= 0.3 is 0 Å². The maximum absolute atomic E-state index is 13.4. The van der Waals surface area contributed by atoms with Crippen molar-refractivity contribution in [3.63, 3.8) is 0 Å². The summed E-state index contributed by atoms with van der Waals surface area (Å²) in [5.41, 5.74) is 0.878. The molecule has 0 aliphatic carbocycles. The Kier molecular flexibility index (Phi) is 5.31. The predicted octanol–water partition coefficient (Wildman–Crippen LogP) is 3.97. The number of ether oxygens (including phenoxy) is 1. The van der Waals surface area contributed by atoms with Crippen molar-refractivity contribution in [1.29, 1.82) is 0 Å². The van der Waals surface area contributed by atoms with Crippen LogP contribution in [0.5, 0.6) is 5.75 Å². The van der Waals surface area contributed by atoms with Gasteiger partial charge in [0.25, 0.3) is 5.91 Å². The van der Waals surface area contributed by atoms with E-state index in [0.717, 1.165) is 18.4 Å². The minimum atomic E-state index is -0.699. The largest absolute Gasteiger partial charge is 0.481 e. The van der Waals surface area contributed by atoms with E-state index in [1.165, 1.54) is 24.3 Å². The van der Waals surface area contributed by atoms with Crippen LogP contribution in [-0.4, -0.2) is 29.5 Å². The third-order valence-corrected chi connectivity index (χ3v) is 4.48. The Hall–Kier alpha value is -2.43. The van der Waals surface area contributed by atoms with Crippen LogP contribution in [0, 0.1) is 11.6 Å². The Morgan fingerprint density at radius 1 is 1.20 bits per heavy atom. The van der Waals surface area contributed by atoms with E-state index < -0.39 is 11.9 Å². The maximum atomic E-state index is 13.4. The second kappa shape index (κ2) is 7.64. The maximum Gasteiger partial charge on any atom is 0.263 e. The fourth-order valence-electron chi connectivity index (χ4n) is 3.30. The average Bonchev–Trinajstić information content (AvgIpc) is 3.02. The molecule has 0 saturated carbocycles. The molecule has 132 valence electrons. The number of rotatable bonds is 5. The van der Waals surface area contributed by atoms with Crippen LogP contribution in [0.3, 0.4) is 0 Å². The van der Waals surface area contributed by atoms with E-state index >= 15 is 0 Å². The quantitative estimate of drug-likeness (QED) is 0.821. The number of likely N-dealkylation sites (tertiary alicyclic amines) is 1. The summed E-state index contributed by atoms with van der Waals surface area (Å²) in [7, 11) is 0. The first-order chi connectivity index (χ1) is 12.0. The third-order valence-electron chi connectivity index (χ3n) is 4.48. The summed E-state index contributed by atoms with van der Waals surface area (Å²) in [6.45, 7) is 2.33. The van der Waals surface area contributed by atoms with Gasteiger partial charge in [-0.15, -0.1) is 0 Å². The Morgan fingerprint density at radius 3 is 2.64 bits per heavy atom. The molecule has 0 spiro atoms. The highest BCUT2D eigenvalue weighted by Crippen LogP contribution is 2.23. The normalized spacial score (nSPS) is 18.2. The molecule has 2 unspecified atom stereocenters. The summed E-state index contributed by atoms with van der Waals surface area (Å²) in [4.78, 5) is 14.5. The zero-order valence-corrected chi connectivity index (χ0v) is 14.1. The Balaban J connectivity index is 1.65. The van der Waals surface area contributed by atoms with Crippen LogP contribution in [-0.2, 0) is 11.2 Å². The molecule has 3 rings (SSSR count). The molecule has 1 heterocycles. The van der Waals surface area contributed by atoms with Crippen molar-refractivity contribution in [1.82, 2.24) is 4.90 Å². The van der Waals surface area contributed by atoms with Crippen LogP contribution in [0.1, 0.15) is 25.3 Å². The SMILES string of the molecule is CC(Oc1cccc(F)c1)C(=O)N1CCCC1Cc1cccc(F)c1. The zero-order valence-electron chi connectivity index (χ0n) is 14.1. The highest BCUT2D eigenvalue weighted by molar-refractivity contribution is 5.81. The van der Waals surface area contributed by atoms with Crippen molar-refractivity contribution in [2.45, 2.75) is 38.3 Å². The Morgan fingerprint density at radius 2 is 1.92 bits per heavy atom. The highest BCUT2D eigenvalue weighted by Gasteiger charge is 2.32. The van der Waals surface area contributed by atoms with Crippen LogP contribution < -0.4 is 4.74 Å². The number of carbonyl (C=O) groups excluding carboxylic acids is 1. The highest BCUT2D eigenvalue weighted by atomic mass is 19.1. The van der Waals surface area contributed by atoms with Gasteiger partial charge in [0, 0.05) is 18.7 Å². The summed E-state index contributed by atoms with van der Waals surface area (Å²) in [5.74, 6) is -0.455. The molecule has 1 saturated heterocycles. The molecule has 3 nitrogen and oxygen atoms in total. The number of carbonyl (C=O) groups is 1. The van der Waals surface area contributed by atoms with Crippen molar-refractivity contribution in [2.24, 2.45) is 0 Å². The molecule has 0 radical (unpaired) electrons. The average molecular weight is 345 g/mol. The molecule has 0 aromatic heterocycles. The summed E-state index contributed by atoms with van der Waals surface area (Å²) >= 11 is 0. The summed E-state index contributed by atoms with van der Waals surface area (Å²) in [6, 6.07) is 12.3. The van der Waals surface area contributed by atoms with Gasteiger partial charge in [-0.1, -0.05) is 18.2 Å². The lowest BCUT2D eigenvalue weighted by Gasteiger charge is -2.28. The predicted molar refractivity (Wildman–Crippen MR) is 91.3 cm³/mol. The van der Waals surface area contributed by atoms with E-state index in [0.29, 0.717) is 18.7 Å². The van der Waals surface area contributed by atoms with Crippen LogP contribution in [0.4, 0.5) is 8.78 Å². The van der Waals surface area contributed by atoms with Gasteiger partial charge in [0.2, 0.25) is 0 Å². The first kappa shape index (κ1) is 17.4. The Labute approximate surface area is 146 Å². The second-order valence-corrected chi connectivity index (χ2v) is 6.38. The summed E-state index contributed by atoms with van der Waals surface area (Å²) < 4.78 is 32.2. The van der Waals surface area contributed by atoms with Gasteiger partial charge in [-0.2, -0.15) is 0 Å². The molecular formula is C20H21F2NO2. The molecule has 1 amide bonds. The summed E-state index contributed by atoms with van der Waals surface area (Å²) in [5, 5.41) is 0. The molecule has 2 atom stereocenters. The van der Waals surface area contributed by atoms with Gasteiger partial charge < -0.3 is 9.64 Å². The third kappa shape index (κ3) is 4.35. The zero-order chi connectivity index (χ0) is 17.8. The molecule has 1 aliphatic heterocycles. The number of hydrogen-bond donors (Lipinski definition) is 0. The molecule has 5 heteroatoms. The van der Waals surface area contributed by atoms with Gasteiger partial charge in [0.15, 0.2) is 6.10 Å². The van der Waals surface area contributed by atoms with Crippen LogP contribution in [0.25, 0.3) is 0 Å². The van der Waals surface area contributed by atoms with E-state index in [9.17, 15) is 13.6 Å². The molecule has 2 aromatic rings. The number of amides is 1. The van der Waals surface area contributed by atoms with Crippen LogP contribution in [0.2, 0.25) is 0 Å². The van der Waals surface area contributed by atoms with Crippen molar-refractivity contribution >= 4 is 5.91 Å². The Bertz CT molecular complexity index is 750. The van der Waals surface area contributed by atoms with Gasteiger partial charge in [0.05, 0.1) is 0 Å². The summed E-state index contributed by atoms with van der Waals surface area (Å²) in [6.07, 6.45) is 1.72. The van der Waals surface area contributed by atoms with Gasteiger partial charge in [0.1, 0.15) is 17.4 Å². The molecule has 1 aliphatic rings. The number of hydrogen-bond acceptors (Lipinski definition) is 2. The molecule has 25 heavy (non-hydrogen) atoms. The van der Waals surface area contributed by atoms with Gasteiger partial charge in [-0.25, -0.2) is 8.78 Å². The number of benzene rings is 2. The van der Waals surface area contributed by atoms with E-state index in [1.807, 2.05) is 6.07 Å². The monoisotopic (exact) mass is 345 g/mol. The minimum absolute atomic E-state index is 0.0351. The number of halogens is 2. The fraction of sp³-hybridized carbons (Fsp3) is 0.350. The van der Waals surface area contributed by atoms with Crippen molar-refractivity contribution in [3.05, 3.63) is 65.7 Å². The van der Waals surface area contributed by atoms with E-state index in [-0.39, 0.29) is 17.8 Å². The molecule has 0 bridgehead atoms. The first-order valence-corrected chi connectivity index (χ1v) is 8.50. The smallest absolute Gasteiger partial charge is 0.263 e. The standard InChI is InChI=1S/C20H21F2NO2/c1-14(25-19-9-3-7-17(22)13-19)20(24)23-10-4-8-18(23)12-15-5-2-6-16(21)11-15/h2-3,5-7,9,11,13-14,18H,4,8,10,12H2,1H3. The number of nitrogens with zero attached hydrogens (tertiary/aromatic N) is 1. The minimum Gasteiger partial charge on any atom is -0.481 e.